The number of benzene rings is 2. The van der Waals surface area contributed by atoms with Gasteiger partial charge in [0.15, 0.2) is 6.04 Å². The highest BCUT2D eigenvalue weighted by Crippen LogP contribution is 2.20. The van der Waals surface area contributed by atoms with E-state index >= 15 is 0 Å². The highest BCUT2D eigenvalue weighted by molar-refractivity contribution is 5.99. The second kappa shape index (κ2) is 9.43. The maximum Gasteiger partial charge on any atom is 0.272 e. The first-order valence-corrected chi connectivity index (χ1v) is 9.69. The Morgan fingerprint density at radius 3 is 2.47 bits per heavy atom. The number of hydrogen-bond donors (Lipinski definition) is 3. The van der Waals surface area contributed by atoms with Crippen molar-refractivity contribution in [3.63, 3.8) is 0 Å². The van der Waals surface area contributed by atoms with Gasteiger partial charge in [-0.1, -0.05) is 42.5 Å². The molecule has 2 heterocycles. The van der Waals surface area contributed by atoms with E-state index in [1.165, 1.54) is 6.21 Å². The zero-order valence-corrected chi connectivity index (χ0v) is 16.7. The molecule has 158 valence electrons. The Balaban J connectivity index is 1.68. The summed E-state index contributed by atoms with van der Waals surface area (Å²) in [4.78, 5) is 42.0. The third-order valence-corrected chi connectivity index (χ3v) is 4.65. The lowest BCUT2D eigenvalue weighted by Gasteiger charge is -2.18. The number of pyridine rings is 1. The molecule has 0 aliphatic carbocycles. The molecule has 2 amide bonds. The Hall–Kier alpha value is -4.66. The maximum absolute atomic E-state index is 13.0. The maximum atomic E-state index is 13.0. The summed E-state index contributed by atoms with van der Waals surface area (Å²) in [5.41, 5.74) is 3.28. The molecule has 3 N–H and O–H groups in total. The van der Waals surface area contributed by atoms with Gasteiger partial charge in [0.2, 0.25) is 0 Å². The minimum Gasteiger partial charge on any atom is -0.335 e. The first kappa shape index (κ1) is 20.6. The van der Waals surface area contributed by atoms with Gasteiger partial charge in [-0.3, -0.25) is 19.4 Å². The minimum absolute atomic E-state index is 0.193. The predicted molar refractivity (Wildman–Crippen MR) is 119 cm³/mol. The van der Waals surface area contributed by atoms with Gasteiger partial charge in [0.25, 0.3) is 17.4 Å². The molecule has 0 bridgehead atoms. The predicted octanol–water partition coefficient (Wildman–Crippen LogP) is 1.94. The SMILES string of the molecule is O=C(N[C@H](C(=O)NN=Cc1cccnc1)c1n[nH]c(=O)c2ccccc12)c1ccccc1. The molecule has 0 aliphatic rings. The van der Waals surface area contributed by atoms with Gasteiger partial charge in [0.05, 0.1) is 11.6 Å². The summed E-state index contributed by atoms with van der Waals surface area (Å²) in [5.74, 6) is -1.10. The topological polar surface area (TPSA) is 129 Å². The van der Waals surface area contributed by atoms with Crippen LogP contribution in [0.5, 0.6) is 0 Å². The number of hydrazone groups is 1. The van der Waals surface area contributed by atoms with Crippen LogP contribution >= 0.6 is 0 Å². The second-order valence-electron chi connectivity index (χ2n) is 6.78. The summed E-state index contributed by atoms with van der Waals surface area (Å²) >= 11 is 0. The van der Waals surface area contributed by atoms with E-state index in [0.717, 1.165) is 0 Å². The lowest BCUT2D eigenvalue weighted by molar-refractivity contribution is -0.123. The number of aromatic amines is 1. The van der Waals surface area contributed by atoms with E-state index in [1.54, 1.807) is 79.1 Å². The Kier molecular flexibility index (Phi) is 6.08. The highest BCUT2D eigenvalue weighted by Gasteiger charge is 2.27. The summed E-state index contributed by atoms with van der Waals surface area (Å²) in [6.45, 7) is 0. The zero-order valence-electron chi connectivity index (χ0n) is 16.7. The molecule has 0 aliphatic heterocycles. The molecule has 9 nitrogen and oxygen atoms in total. The second-order valence-corrected chi connectivity index (χ2v) is 6.78. The molecule has 1 atom stereocenters. The van der Waals surface area contributed by atoms with Gasteiger partial charge in [-0.05, 0) is 24.3 Å². The molecule has 0 saturated carbocycles. The van der Waals surface area contributed by atoms with Crippen LogP contribution in [0.25, 0.3) is 10.8 Å². The van der Waals surface area contributed by atoms with Crippen molar-refractivity contribution >= 4 is 28.8 Å². The third-order valence-electron chi connectivity index (χ3n) is 4.65. The molecule has 4 aromatic rings. The van der Waals surface area contributed by atoms with Crippen molar-refractivity contribution in [3.05, 3.63) is 106 Å². The Bertz CT molecular complexity index is 1340. The molecule has 0 radical (unpaired) electrons. The van der Waals surface area contributed by atoms with Crippen LogP contribution in [0.2, 0.25) is 0 Å². The van der Waals surface area contributed by atoms with Crippen molar-refractivity contribution in [2.45, 2.75) is 6.04 Å². The van der Waals surface area contributed by atoms with Crippen LogP contribution < -0.4 is 16.3 Å². The van der Waals surface area contributed by atoms with Crippen molar-refractivity contribution in [2.24, 2.45) is 5.10 Å². The van der Waals surface area contributed by atoms with E-state index in [1.807, 2.05) is 0 Å². The zero-order chi connectivity index (χ0) is 22.3. The number of amides is 2. The lowest BCUT2D eigenvalue weighted by Crippen LogP contribution is -2.40. The van der Waals surface area contributed by atoms with E-state index in [-0.39, 0.29) is 5.69 Å². The average Bonchev–Trinajstić information content (AvgIpc) is 2.84. The Morgan fingerprint density at radius 1 is 0.969 bits per heavy atom. The number of nitrogens with zero attached hydrogens (tertiary/aromatic N) is 3. The number of hydrogen-bond acceptors (Lipinski definition) is 6. The van der Waals surface area contributed by atoms with Gasteiger partial charge in [-0.2, -0.15) is 10.2 Å². The van der Waals surface area contributed by atoms with Gasteiger partial charge >= 0.3 is 0 Å². The van der Waals surface area contributed by atoms with Crippen molar-refractivity contribution < 1.29 is 9.59 Å². The van der Waals surface area contributed by atoms with Crippen LogP contribution in [-0.4, -0.2) is 33.2 Å². The summed E-state index contributed by atoms with van der Waals surface area (Å²) in [6.07, 6.45) is 4.64. The number of fused-ring (bicyclic) bond motifs is 1. The van der Waals surface area contributed by atoms with Crippen molar-refractivity contribution in [1.29, 1.82) is 0 Å². The van der Waals surface area contributed by atoms with Crippen LogP contribution in [0, 0.1) is 0 Å². The van der Waals surface area contributed by atoms with E-state index in [2.05, 4.69) is 31.0 Å². The minimum atomic E-state index is -1.21. The van der Waals surface area contributed by atoms with Gasteiger partial charge in [-0.25, -0.2) is 10.5 Å². The summed E-state index contributed by atoms with van der Waals surface area (Å²) in [5, 5.41) is 13.9. The summed E-state index contributed by atoms with van der Waals surface area (Å²) in [6, 6.07) is 17.5. The lowest BCUT2D eigenvalue weighted by atomic mass is 10.0. The van der Waals surface area contributed by atoms with Gasteiger partial charge in [-0.15, -0.1) is 0 Å². The number of aromatic nitrogens is 3. The number of nitrogens with one attached hydrogen (secondary N) is 3. The number of carbonyl (C=O) groups is 2. The molecule has 2 aromatic carbocycles. The van der Waals surface area contributed by atoms with Crippen LogP contribution in [0.4, 0.5) is 0 Å². The molecule has 0 spiro atoms. The molecular formula is C23H18N6O3. The molecule has 9 heteroatoms. The number of H-pyrrole nitrogens is 1. The van der Waals surface area contributed by atoms with Crippen LogP contribution in [0.1, 0.15) is 27.7 Å². The summed E-state index contributed by atoms with van der Waals surface area (Å²) < 4.78 is 0. The highest BCUT2D eigenvalue weighted by atomic mass is 16.2. The van der Waals surface area contributed by atoms with E-state index < -0.39 is 23.4 Å². The fraction of sp³-hybridized carbons (Fsp3) is 0.0435. The van der Waals surface area contributed by atoms with E-state index in [4.69, 9.17) is 0 Å². The molecule has 0 saturated heterocycles. The van der Waals surface area contributed by atoms with Crippen molar-refractivity contribution in [3.8, 4) is 0 Å². The average molecular weight is 426 g/mol. The molecular weight excluding hydrogens is 408 g/mol. The van der Waals surface area contributed by atoms with Crippen molar-refractivity contribution in [2.75, 3.05) is 0 Å². The monoisotopic (exact) mass is 426 g/mol. The molecule has 0 unspecified atom stereocenters. The fourth-order valence-corrected chi connectivity index (χ4v) is 3.11. The first-order valence-electron chi connectivity index (χ1n) is 9.69. The standard InChI is InChI=1S/C23H18N6O3/c30-21(16-8-2-1-3-9-16)26-20(23(32)28-25-14-15-7-6-12-24-13-15)19-17-10-4-5-11-18(17)22(31)29-27-19/h1-14,20H,(H,26,30)(H,28,32)(H,29,31)/t20-/m0/s1. The number of carbonyl (C=O) groups excluding carboxylic acids is 2. The smallest absolute Gasteiger partial charge is 0.272 e. The van der Waals surface area contributed by atoms with Crippen LogP contribution in [-0.2, 0) is 4.79 Å². The first-order chi connectivity index (χ1) is 15.6. The molecule has 0 fully saturated rings. The Labute approximate surface area is 182 Å². The Morgan fingerprint density at radius 2 is 1.72 bits per heavy atom. The van der Waals surface area contributed by atoms with Crippen LogP contribution in [0.3, 0.4) is 0 Å². The van der Waals surface area contributed by atoms with Gasteiger partial charge in [0, 0.05) is 28.9 Å². The summed E-state index contributed by atoms with van der Waals surface area (Å²) in [7, 11) is 0. The van der Waals surface area contributed by atoms with Gasteiger partial charge < -0.3 is 5.32 Å². The molecule has 2 aromatic heterocycles. The van der Waals surface area contributed by atoms with Crippen molar-refractivity contribution in [1.82, 2.24) is 25.9 Å². The molecule has 4 rings (SSSR count). The number of rotatable bonds is 6. The quantitative estimate of drug-likeness (QED) is 0.321. The van der Waals surface area contributed by atoms with Crippen LogP contribution in [0.15, 0.2) is 89.0 Å². The van der Waals surface area contributed by atoms with Gasteiger partial charge in [0.1, 0.15) is 5.69 Å². The largest absolute Gasteiger partial charge is 0.335 e. The third kappa shape index (κ3) is 4.57. The molecule has 32 heavy (non-hydrogen) atoms. The van der Waals surface area contributed by atoms with E-state index in [0.29, 0.717) is 21.9 Å². The fourth-order valence-electron chi connectivity index (χ4n) is 3.11. The normalized spacial score (nSPS) is 11.9. The van der Waals surface area contributed by atoms with E-state index in [9.17, 15) is 14.4 Å².